The van der Waals surface area contributed by atoms with E-state index in [1.54, 1.807) is 24.3 Å². The summed E-state index contributed by atoms with van der Waals surface area (Å²) in [6.45, 7) is 7.96. The molecular formula is C24H30O3S. The number of hydrogen-bond donors (Lipinski definition) is 1. The van der Waals surface area contributed by atoms with Crippen LogP contribution in [0.15, 0.2) is 42.5 Å². The normalized spacial score (nSPS) is 12.3. The molecule has 2 aromatic rings. The molecule has 2 rings (SSSR count). The summed E-state index contributed by atoms with van der Waals surface area (Å²) in [5.41, 5.74) is 3.22. The first-order valence-electron chi connectivity index (χ1n) is 9.81. The van der Waals surface area contributed by atoms with Crippen LogP contribution in [0.4, 0.5) is 0 Å². The molecule has 4 heteroatoms. The number of ketones is 1. The Hall–Kier alpha value is -2.20. The van der Waals surface area contributed by atoms with Gasteiger partial charge in [0.05, 0.1) is 0 Å². The van der Waals surface area contributed by atoms with E-state index in [-0.39, 0.29) is 11.2 Å². The lowest BCUT2D eigenvalue weighted by molar-refractivity contribution is 0.104. The molecule has 3 nitrogen and oxygen atoms in total. The van der Waals surface area contributed by atoms with Crippen LogP contribution in [-0.4, -0.2) is 22.1 Å². The summed E-state index contributed by atoms with van der Waals surface area (Å²) in [5.74, 6) is 2.13. The summed E-state index contributed by atoms with van der Waals surface area (Å²) < 4.78 is 5.91. The number of benzene rings is 2. The monoisotopic (exact) mass is 398 g/mol. The zero-order valence-electron chi connectivity index (χ0n) is 17.2. The first kappa shape index (κ1) is 22.1. The van der Waals surface area contributed by atoms with Crippen LogP contribution in [0.5, 0.6) is 11.5 Å². The van der Waals surface area contributed by atoms with Gasteiger partial charge in [-0.1, -0.05) is 25.8 Å². The second-order valence-corrected chi connectivity index (χ2v) is 8.39. The van der Waals surface area contributed by atoms with E-state index < -0.39 is 0 Å². The van der Waals surface area contributed by atoms with Crippen LogP contribution in [0.3, 0.4) is 0 Å². The highest BCUT2D eigenvalue weighted by atomic mass is 32.2. The molecule has 1 N–H and O–H groups in total. The molecule has 0 aromatic heterocycles. The van der Waals surface area contributed by atoms with E-state index in [2.05, 4.69) is 13.8 Å². The Kier molecular flexibility index (Phi) is 8.65. The average molecular weight is 399 g/mol. The Balaban J connectivity index is 1.92. The van der Waals surface area contributed by atoms with Crippen LogP contribution >= 0.6 is 11.8 Å². The van der Waals surface area contributed by atoms with Gasteiger partial charge >= 0.3 is 0 Å². The molecule has 0 saturated carbocycles. The number of aromatic hydroxyl groups is 1. The zero-order valence-corrected chi connectivity index (χ0v) is 18.0. The standard InChI is InChI=1S/C24H30O3S/c1-5-6-7-14-28-19(4)27-22-11-9-21(10-12-22)23(25)13-8-20-15-17(2)24(26)18(3)16-20/h8-13,15-16,19,26H,5-7,14H2,1-4H3/b13-8+. The second kappa shape index (κ2) is 11.0. The van der Waals surface area contributed by atoms with Gasteiger partial charge in [0.1, 0.15) is 16.9 Å². The van der Waals surface area contributed by atoms with Gasteiger partial charge in [0.25, 0.3) is 0 Å². The predicted octanol–water partition coefficient (Wildman–Crippen LogP) is 6.55. The fourth-order valence-electron chi connectivity index (χ4n) is 2.88. The Morgan fingerprint density at radius 3 is 2.39 bits per heavy atom. The molecule has 0 saturated heterocycles. The second-order valence-electron chi connectivity index (χ2n) is 6.99. The van der Waals surface area contributed by atoms with E-state index >= 15 is 0 Å². The molecule has 28 heavy (non-hydrogen) atoms. The number of carbonyl (C=O) groups excluding carboxylic acids is 1. The maximum absolute atomic E-state index is 12.4. The molecule has 1 atom stereocenters. The van der Waals surface area contributed by atoms with Crippen LogP contribution < -0.4 is 4.74 Å². The van der Waals surface area contributed by atoms with Crippen molar-refractivity contribution in [1.29, 1.82) is 0 Å². The quantitative estimate of drug-likeness (QED) is 0.213. The molecule has 0 bridgehead atoms. The maximum Gasteiger partial charge on any atom is 0.185 e. The Morgan fingerprint density at radius 2 is 1.79 bits per heavy atom. The van der Waals surface area contributed by atoms with E-state index in [4.69, 9.17) is 4.74 Å². The summed E-state index contributed by atoms with van der Waals surface area (Å²) in [4.78, 5) is 12.4. The van der Waals surface area contributed by atoms with Gasteiger partial charge in [-0.15, -0.1) is 11.8 Å². The lowest BCUT2D eigenvalue weighted by Gasteiger charge is -2.14. The highest BCUT2D eigenvalue weighted by Crippen LogP contribution is 2.24. The Labute approximate surface area is 172 Å². The van der Waals surface area contributed by atoms with E-state index in [9.17, 15) is 9.90 Å². The van der Waals surface area contributed by atoms with Crippen molar-refractivity contribution in [2.24, 2.45) is 0 Å². The average Bonchev–Trinajstić information content (AvgIpc) is 2.68. The van der Waals surface area contributed by atoms with E-state index in [1.807, 2.05) is 49.9 Å². The summed E-state index contributed by atoms with van der Waals surface area (Å²) in [7, 11) is 0. The van der Waals surface area contributed by atoms with Crippen LogP contribution in [0.25, 0.3) is 6.08 Å². The minimum absolute atomic E-state index is 0.0584. The molecule has 0 amide bonds. The maximum atomic E-state index is 12.4. The zero-order chi connectivity index (χ0) is 20.5. The number of unbranched alkanes of at least 4 members (excludes halogenated alkanes) is 2. The number of carbonyl (C=O) groups is 1. The van der Waals surface area contributed by atoms with Crippen LogP contribution in [-0.2, 0) is 0 Å². The summed E-state index contributed by atoms with van der Waals surface area (Å²) >= 11 is 1.81. The largest absolute Gasteiger partial charge is 0.507 e. The Morgan fingerprint density at radius 1 is 1.14 bits per heavy atom. The molecule has 0 spiro atoms. The molecule has 150 valence electrons. The molecule has 0 aliphatic rings. The minimum Gasteiger partial charge on any atom is -0.507 e. The summed E-state index contributed by atoms with van der Waals surface area (Å²) in [6, 6.07) is 11.0. The van der Waals surface area contributed by atoms with Gasteiger partial charge in [-0.05, 0) is 92.1 Å². The number of thioether (sulfide) groups is 1. The summed E-state index contributed by atoms with van der Waals surface area (Å²) in [6.07, 6.45) is 7.04. The highest BCUT2D eigenvalue weighted by Gasteiger charge is 2.07. The topological polar surface area (TPSA) is 46.5 Å². The van der Waals surface area contributed by atoms with Crippen LogP contribution in [0, 0.1) is 13.8 Å². The Bertz CT molecular complexity index is 786. The van der Waals surface area contributed by atoms with Gasteiger partial charge in [-0.3, -0.25) is 4.79 Å². The first-order valence-corrected chi connectivity index (χ1v) is 10.9. The minimum atomic E-state index is -0.0584. The van der Waals surface area contributed by atoms with E-state index in [1.165, 1.54) is 19.3 Å². The van der Waals surface area contributed by atoms with Crippen molar-refractivity contribution in [2.45, 2.75) is 52.4 Å². The van der Waals surface area contributed by atoms with E-state index in [0.29, 0.717) is 11.3 Å². The van der Waals surface area contributed by atoms with Crippen molar-refractivity contribution in [3.8, 4) is 11.5 Å². The fourth-order valence-corrected chi connectivity index (χ4v) is 3.76. The molecule has 0 fully saturated rings. The SMILES string of the molecule is CCCCCSC(C)Oc1ccc(C(=O)/C=C/c2cc(C)c(O)c(C)c2)cc1. The van der Waals surface area contributed by atoms with Crippen molar-refractivity contribution >= 4 is 23.6 Å². The smallest absolute Gasteiger partial charge is 0.185 e. The molecule has 0 aliphatic carbocycles. The molecule has 0 heterocycles. The molecule has 0 aliphatic heterocycles. The van der Waals surface area contributed by atoms with Gasteiger partial charge in [0, 0.05) is 5.56 Å². The van der Waals surface area contributed by atoms with Crippen LogP contribution in [0.1, 0.15) is 60.2 Å². The third-order valence-corrected chi connectivity index (χ3v) is 5.57. The summed E-state index contributed by atoms with van der Waals surface area (Å²) in [5, 5.41) is 9.84. The number of hydrogen-bond acceptors (Lipinski definition) is 4. The van der Waals surface area contributed by atoms with Gasteiger partial charge in [0.2, 0.25) is 0 Å². The number of ether oxygens (including phenoxy) is 1. The lowest BCUT2D eigenvalue weighted by Crippen LogP contribution is -2.08. The van der Waals surface area contributed by atoms with Gasteiger partial charge in [-0.2, -0.15) is 0 Å². The van der Waals surface area contributed by atoms with Gasteiger partial charge in [0.15, 0.2) is 5.78 Å². The number of aryl methyl sites for hydroxylation is 2. The molecular weight excluding hydrogens is 368 g/mol. The first-order chi connectivity index (χ1) is 13.4. The van der Waals surface area contributed by atoms with Crippen molar-refractivity contribution in [3.05, 3.63) is 64.7 Å². The van der Waals surface area contributed by atoms with Crippen LogP contribution in [0.2, 0.25) is 0 Å². The number of phenolic OH excluding ortho intramolecular Hbond substituents is 1. The number of allylic oxidation sites excluding steroid dienone is 1. The van der Waals surface area contributed by atoms with Gasteiger partial charge < -0.3 is 9.84 Å². The third kappa shape index (κ3) is 6.75. The van der Waals surface area contributed by atoms with Crippen molar-refractivity contribution in [3.63, 3.8) is 0 Å². The van der Waals surface area contributed by atoms with E-state index in [0.717, 1.165) is 28.2 Å². The van der Waals surface area contributed by atoms with Gasteiger partial charge in [-0.25, -0.2) is 0 Å². The highest BCUT2D eigenvalue weighted by molar-refractivity contribution is 7.99. The third-order valence-electron chi connectivity index (χ3n) is 4.48. The fraction of sp³-hybridized carbons (Fsp3) is 0.375. The molecule has 1 unspecified atom stereocenters. The lowest BCUT2D eigenvalue weighted by atomic mass is 10.0. The number of phenols is 1. The number of rotatable bonds is 10. The van der Waals surface area contributed by atoms with Crippen molar-refractivity contribution in [1.82, 2.24) is 0 Å². The molecule has 2 aromatic carbocycles. The molecule has 0 radical (unpaired) electrons. The van der Waals surface area contributed by atoms with Crippen molar-refractivity contribution < 1.29 is 14.6 Å². The van der Waals surface area contributed by atoms with Crippen molar-refractivity contribution in [2.75, 3.05) is 5.75 Å². The predicted molar refractivity (Wildman–Crippen MR) is 119 cm³/mol.